The van der Waals surface area contributed by atoms with E-state index in [9.17, 15) is 0 Å². The van der Waals surface area contributed by atoms with Crippen LogP contribution in [0.15, 0.2) is 121 Å². The fourth-order valence-electron chi connectivity index (χ4n) is 5.59. The first-order chi connectivity index (χ1) is 18.7. The van der Waals surface area contributed by atoms with E-state index in [-0.39, 0.29) is 0 Å². The Labute approximate surface area is 221 Å². The van der Waals surface area contributed by atoms with E-state index < -0.39 is 0 Å². The van der Waals surface area contributed by atoms with Crippen molar-refractivity contribution in [2.45, 2.75) is 6.92 Å². The van der Waals surface area contributed by atoms with Gasteiger partial charge in [0.05, 0.1) is 16.6 Å². The molecule has 7 aromatic rings. The normalized spacial score (nSPS) is 12.5. The lowest BCUT2D eigenvalue weighted by molar-refractivity contribution is 1.31. The number of rotatable bonds is 3. The smallest absolute Gasteiger partial charge is 0.146 e. The number of allylic oxidation sites excluding steroid dienone is 2. The van der Waals surface area contributed by atoms with Crippen LogP contribution in [-0.4, -0.2) is 9.38 Å². The molecule has 0 aliphatic rings. The van der Waals surface area contributed by atoms with E-state index in [0.29, 0.717) is 0 Å². The molecule has 7 rings (SSSR count). The molecule has 0 bridgehead atoms. The maximum absolute atomic E-state index is 5.07. The van der Waals surface area contributed by atoms with E-state index in [1.165, 1.54) is 38.5 Å². The third-order valence-electron chi connectivity index (χ3n) is 7.44. The van der Waals surface area contributed by atoms with E-state index in [1.807, 2.05) is 13.0 Å². The summed E-state index contributed by atoms with van der Waals surface area (Å²) in [5.74, 6) is 0. The summed E-state index contributed by atoms with van der Waals surface area (Å²) in [6.45, 7) is 6.27. The van der Waals surface area contributed by atoms with E-state index in [2.05, 4.69) is 132 Å². The average Bonchev–Trinajstić information content (AvgIpc) is 3.37. The second-order valence-corrected chi connectivity index (χ2v) is 9.69. The van der Waals surface area contributed by atoms with Gasteiger partial charge in [-0.05, 0) is 69.3 Å². The monoisotopic (exact) mass is 486 g/mol. The summed E-state index contributed by atoms with van der Waals surface area (Å²) >= 11 is 0. The summed E-state index contributed by atoms with van der Waals surface area (Å²) in [4.78, 5) is 5.07. The molecule has 0 spiro atoms. The van der Waals surface area contributed by atoms with Crippen molar-refractivity contribution in [2.24, 2.45) is 0 Å². The topological polar surface area (TPSA) is 17.3 Å². The SMILES string of the molecule is C=c1cccc(-c2ccc(-c3ccc4c5ccccc5n5c6ccccc6nc5c4c3)cc2)/c1=C/C=C\C. The van der Waals surface area contributed by atoms with Gasteiger partial charge in [0.2, 0.25) is 0 Å². The van der Waals surface area contributed by atoms with Gasteiger partial charge in [-0.3, -0.25) is 4.40 Å². The lowest BCUT2D eigenvalue weighted by atomic mass is 9.96. The number of aromatic nitrogens is 2. The van der Waals surface area contributed by atoms with Crippen molar-refractivity contribution in [3.05, 3.63) is 132 Å². The minimum absolute atomic E-state index is 0.995. The fourth-order valence-corrected chi connectivity index (χ4v) is 5.59. The molecule has 2 nitrogen and oxygen atoms in total. The summed E-state index contributed by atoms with van der Waals surface area (Å²) in [5, 5.41) is 5.81. The quantitative estimate of drug-likeness (QED) is 0.232. The lowest BCUT2D eigenvalue weighted by Gasteiger charge is -2.11. The van der Waals surface area contributed by atoms with Gasteiger partial charge in [-0.1, -0.05) is 110 Å². The van der Waals surface area contributed by atoms with Gasteiger partial charge in [-0.25, -0.2) is 4.98 Å². The molecule has 2 heteroatoms. The van der Waals surface area contributed by atoms with E-state index in [4.69, 9.17) is 4.98 Å². The third kappa shape index (κ3) is 3.46. The van der Waals surface area contributed by atoms with Crippen molar-refractivity contribution in [3.63, 3.8) is 0 Å². The van der Waals surface area contributed by atoms with E-state index in [0.717, 1.165) is 32.5 Å². The average molecular weight is 487 g/mol. The van der Waals surface area contributed by atoms with Crippen LogP contribution in [0.2, 0.25) is 0 Å². The zero-order valence-corrected chi connectivity index (χ0v) is 21.2. The summed E-state index contributed by atoms with van der Waals surface area (Å²) in [5.41, 5.74) is 9.06. The maximum atomic E-state index is 5.07. The third-order valence-corrected chi connectivity index (χ3v) is 7.44. The van der Waals surface area contributed by atoms with Crippen LogP contribution in [0.5, 0.6) is 0 Å². The summed E-state index contributed by atoms with van der Waals surface area (Å²) in [6, 6.07) is 38.9. The molecule has 0 saturated carbocycles. The molecule has 0 aliphatic heterocycles. The largest absolute Gasteiger partial charge is 0.292 e. The van der Waals surface area contributed by atoms with Crippen LogP contribution < -0.4 is 10.4 Å². The maximum Gasteiger partial charge on any atom is 0.146 e. The summed E-state index contributed by atoms with van der Waals surface area (Å²) in [6.07, 6.45) is 6.25. The van der Waals surface area contributed by atoms with Gasteiger partial charge in [0.1, 0.15) is 5.65 Å². The Hall–Kier alpha value is -4.95. The van der Waals surface area contributed by atoms with Gasteiger partial charge in [-0.2, -0.15) is 0 Å². The Kier molecular flexibility index (Phi) is 5.19. The molecule has 0 saturated heterocycles. The molecule has 0 unspecified atom stereocenters. The molecule has 38 heavy (non-hydrogen) atoms. The van der Waals surface area contributed by atoms with Crippen LogP contribution in [0.1, 0.15) is 6.92 Å². The standard InChI is InChI=1S/C36H26N2/c1-3-4-11-28-24(2)10-9-13-29(28)26-19-17-25(18-20-26)27-21-22-30-31-12-5-7-15-34(31)38-35-16-8-6-14-33(35)37-36(38)32(30)23-27/h3-23H,2H2,1H3/b4-3-,28-11+. The van der Waals surface area contributed by atoms with Gasteiger partial charge in [0.15, 0.2) is 0 Å². The number of nitrogens with zero attached hydrogens (tertiary/aromatic N) is 2. The highest BCUT2D eigenvalue weighted by molar-refractivity contribution is 6.14. The number of fused-ring (bicyclic) bond motifs is 8. The number of hydrogen-bond donors (Lipinski definition) is 0. The predicted molar refractivity (Wildman–Crippen MR) is 163 cm³/mol. The highest BCUT2D eigenvalue weighted by atomic mass is 15.0. The van der Waals surface area contributed by atoms with Gasteiger partial charge in [0.25, 0.3) is 0 Å². The van der Waals surface area contributed by atoms with Gasteiger partial charge in [-0.15, -0.1) is 0 Å². The van der Waals surface area contributed by atoms with Crippen molar-refractivity contribution in [1.29, 1.82) is 0 Å². The van der Waals surface area contributed by atoms with Crippen molar-refractivity contribution in [3.8, 4) is 22.3 Å². The number of imidazole rings is 1. The Balaban J connectivity index is 1.42. The molecule has 0 fully saturated rings. The van der Waals surface area contributed by atoms with Crippen molar-refractivity contribution >= 4 is 51.0 Å². The highest BCUT2D eigenvalue weighted by Gasteiger charge is 2.14. The van der Waals surface area contributed by atoms with Crippen LogP contribution in [0.4, 0.5) is 0 Å². The number of para-hydroxylation sites is 3. The van der Waals surface area contributed by atoms with Crippen molar-refractivity contribution < 1.29 is 0 Å². The second kappa shape index (κ2) is 8.86. The first-order valence-electron chi connectivity index (χ1n) is 13.0. The lowest BCUT2D eigenvalue weighted by Crippen LogP contribution is -2.24. The van der Waals surface area contributed by atoms with E-state index in [1.54, 1.807) is 0 Å². The second-order valence-electron chi connectivity index (χ2n) is 9.69. The molecule has 2 heterocycles. The van der Waals surface area contributed by atoms with Crippen molar-refractivity contribution in [2.75, 3.05) is 0 Å². The molecular weight excluding hydrogens is 460 g/mol. The van der Waals surface area contributed by atoms with Gasteiger partial charge in [0, 0.05) is 10.8 Å². The fraction of sp³-hybridized carbons (Fsp3) is 0.0278. The van der Waals surface area contributed by atoms with E-state index >= 15 is 0 Å². The zero-order chi connectivity index (χ0) is 25.6. The van der Waals surface area contributed by atoms with Crippen molar-refractivity contribution in [1.82, 2.24) is 9.38 Å². The molecule has 0 N–H and O–H groups in total. The highest BCUT2D eigenvalue weighted by Crippen LogP contribution is 2.35. The minimum atomic E-state index is 0.995. The Morgan fingerprint density at radius 3 is 2.24 bits per heavy atom. The van der Waals surface area contributed by atoms with Crippen LogP contribution in [-0.2, 0) is 0 Å². The van der Waals surface area contributed by atoms with Gasteiger partial charge < -0.3 is 0 Å². The first kappa shape index (κ1) is 22.3. The van der Waals surface area contributed by atoms with Crippen LogP contribution >= 0.6 is 0 Å². The Morgan fingerprint density at radius 1 is 0.658 bits per heavy atom. The molecule has 0 aliphatic carbocycles. The zero-order valence-electron chi connectivity index (χ0n) is 21.2. The van der Waals surface area contributed by atoms with Crippen LogP contribution in [0, 0.1) is 0 Å². The molecular formula is C36H26N2. The molecule has 0 amide bonds. The van der Waals surface area contributed by atoms with Crippen LogP contribution in [0.3, 0.4) is 0 Å². The molecule has 2 aromatic heterocycles. The number of hydrogen-bond acceptors (Lipinski definition) is 1. The predicted octanol–water partition coefficient (Wildman–Crippen LogP) is 7.89. The molecule has 0 atom stereocenters. The van der Waals surface area contributed by atoms with Crippen LogP contribution in [0.25, 0.3) is 73.3 Å². The first-order valence-corrected chi connectivity index (χ1v) is 13.0. The van der Waals surface area contributed by atoms with Gasteiger partial charge >= 0.3 is 0 Å². The molecule has 5 aromatic carbocycles. The minimum Gasteiger partial charge on any atom is -0.292 e. The number of pyridine rings is 1. The Bertz CT molecular complexity index is 2150. The number of benzene rings is 5. The molecule has 180 valence electrons. The molecule has 0 radical (unpaired) electrons. The summed E-state index contributed by atoms with van der Waals surface area (Å²) in [7, 11) is 0. The summed E-state index contributed by atoms with van der Waals surface area (Å²) < 4.78 is 2.30. The Morgan fingerprint density at radius 2 is 1.39 bits per heavy atom.